The first-order valence-electron chi connectivity index (χ1n) is 8.51. The molecule has 1 saturated carbocycles. The number of methoxy groups -OCH3 is 1. The number of rotatable bonds is 4. The highest BCUT2D eigenvalue weighted by atomic mass is 16.5. The lowest BCUT2D eigenvalue weighted by Crippen LogP contribution is -2.32. The van der Waals surface area contributed by atoms with E-state index in [-0.39, 0.29) is 5.97 Å². The second kappa shape index (κ2) is 5.89. The molecule has 0 spiro atoms. The van der Waals surface area contributed by atoms with Crippen LogP contribution in [-0.2, 0) is 20.4 Å². The molecule has 0 aromatic heterocycles. The third-order valence-electron chi connectivity index (χ3n) is 5.47. The van der Waals surface area contributed by atoms with Crippen molar-refractivity contribution in [2.75, 3.05) is 7.11 Å². The molecule has 1 atom stereocenters. The molecule has 0 saturated heterocycles. The van der Waals surface area contributed by atoms with Crippen molar-refractivity contribution in [2.45, 2.75) is 17.3 Å². The Morgan fingerprint density at radius 1 is 0.720 bits per heavy atom. The van der Waals surface area contributed by atoms with Crippen LogP contribution in [0.4, 0.5) is 0 Å². The summed E-state index contributed by atoms with van der Waals surface area (Å²) < 4.78 is 5.29. The van der Waals surface area contributed by atoms with Crippen LogP contribution >= 0.6 is 0 Å². The first kappa shape index (κ1) is 15.6. The van der Waals surface area contributed by atoms with Crippen LogP contribution in [0.1, 0.15) is 23.1 Å². The smallest absolute Gasteiger partial charge is 0.317 e. The summed E-state index contributed by atoms with van der Waals surface area (Å²) in [5, 5.41) is 0. The monoisotopic (exact) mass is 328 g/mol. The van der Waals surface area contributed by atoms with E-state index in [0.29, 0.717) is 6.42 Å². The molecule has 0 radical (unpaired) electrons. The minimum atomic E-state index is -0.689. The van der Waals surface area contributed by atoms with E-state index in [1.54, 1.807) is 0 Å². The van der Waals surface area contributed by atoms with E-state index in [1.807, 2.05) is 66.7 Å². The Bertz CT molecular complexity index is 832. The summed E-state index contributed by atoms with van der Waals surface area (Å²) >= 11 is 0. The van der Waals surface area contributed by atoms with Gasteiger partial charge in [-0.25, -0.2) is 0 Å². The van der Waals surface area contributed by atoms with Crippen LogP contribution in [0.3, 0.4) is 0 Å². The SMILES string of the molecule is COC(=O)[C@@]1(c2ccccc2)CC1(c1ccccc1)c1ccccc1. The fraction of sp³-hybridized carbons (Fsp3) is 0.174. The van der Waals surface area contributed by atoms with Gasteiger partial charge in [-0.1, -0.05) is 91.0 Å². The largest absolute Gasteiger partial charge is 0.468 e. The summed E-state index contributed by atoms with van der Waals surface area (Å²) in [5.41, 5.74) is 2.22. The predicted molar refractivity (Wildman–Crippen MR) is 98.4 cm³/mol. The van der Waals surface area contributed by atoms with Crippen LogP contribution in [0.25, 0.3) is 0 Å². The second-order valence-corrected chi connectivity index (χ2v) is 6.58. The lowest BCUT2D eigenvalue weighted by atomic mass is 9.77. The van der Waals surface area contributed by atoms with Crippen LogP contribution in [0.15, 0.2) is 91.0 Å². The average molecular weight is 328 g/mol. The zero-order valence-corrected chi connectivity index (χ0v) is 14.2. The maximum Gasteiger partial charge on any atom is 0.317 e. The van der Waals surface area contributed by atoms with E-state index in [2.05, 4.69) is 24.3 Å². The molecule has 0 heterocycles. The second-order valence-electron chi connectivity index (χ2n) is 6.58. The molecule has 0 N–H and O–H groups in total. The molecule has 1 aliphatic carbocycles. The maximum atomic E-state index is 13.0. The van der Waals surface area contributed by atoms with Gasteiger partial charge in [0.1, 0.15) is 5.41 Å². The third-order valence-corrected chi connectivity index (χ3v) is 5.47. The number of carbonyl (C=O) groups is 1. The molecule has 25 heavy (non-hydrogen) atoms. The van der Waals surface area contributed by atoms with E-state index < -0.39 is 10.8 Å². The third kappa shape index (κ3) is 2.14. The van der Waals surface area contributed by atoms with Crippen LogP contribution in [0.5, 0.6) is 0 Å². The Morgan fingerprint density at radius 3 is 1.52 bits per heavy atom. The molecule has 0 amide bonds. The van der Waals surface area contributed by atoms with Crippen molar-refractivity contribution in [3.63, 3.8) is 0 Å². The zero-order valence-electron chi connectivity index (χ0n) is 14.2. The molecule has 2 nitrogen and oxygen atoms in total. The number of hydrogen-bond acceptors (Lipinski definition) is 2. The standard InChI is InChI=1S/C23H20O2/c1-25-21(24)23(20-15-9-4-10-16-20)17-22(23,18-11-5-2-6-12-18)19-13-7-3-8-14-19/h2-16H,17H2,1H3/t23-/m0/s1. The summed E-state index contributed by atoms with van der Waals surface area (Å²) in [4.78, 5) is 13.0. The van der Waals surface area contributed by atoms with Crippen LogP contribution < -0.4 is 0 Å². The van der Waals surface area contributed by atoms with Gasteiger partial charge in [0.05, 0.1) is 7.11 Å². The first-order chi connectivity index (χ1) is 12.3. The summed E-state index contributed by atoms with van der Waals surface area (Å²) in [5.74, 6) is -0.175. The Hall–Kier alpha value is -2.87. The molecular formula is C23H20O2. The van der Waals surface area contributed by atoms with Gasteiger partial charge in [0, 0.05) is 5.41 Å². The summed E-state index contributed by atoms with van der Waals surface area (Å²) in [6, 6.07) is 30.6. The molecule has 4 rings (SSSR count). The number of benzene rings is 3. The highest BCUT2D eigenvalue weighted by Gasteiger charge is 2.74. The van der Waals surface area contributed by atoms with Crippen molar-refractivity contribution in [1.29, 1.82) is 0 Å². The summed E-state index contributed by atoms with van der Waals surface area (Å²) in [7, 11) is 1.48. The van der Waals surface area contributed by atoms with Crippen molar-refractivity contribution in [3.8, 4) is 0 Å². The molecule has 3 aromatic carbocycles. The highest BCUT2D eigenvalue weighted by Crippen LogP contribution is 2.69. The minimum Gasteiger partial charge on any atom is -0.468 e. The van der Waals surface area contributed by atoms with Gasteiger partial charge >= 0.3 is 5.97 Å². The summed E-state index contributed by atoms with van der Waals surface area (Å²) in [6.07, 6.45) is 0.713. The van der Waals surface area contributed by atoms with Gasteiger partial charge in [-0.15, -0.1) is 0 Å². The Kier molecular flexibility index (Phi) is 3.69. The highest BCUT2D eigenvalue weighted by molar-refractivity contribution is 5.93. The van der Waals surface area contributed by atoms with E-state index in [4.69, 9.17) is 4.74 Å². The van der Waals surface area contributed by atoms with Gasteiger partial charge in [0.2, 0.25) is 0 Å². The van der Waals surface area contributed by atoms with Gasteiger partial charge in [0.15, 0.2) is 0 Å². The predicted octanol–water partition coefficient (Wildman–Crippen LogP) is 4.49. The molecule has 124 valence electrons. The van der Waals surface area contributed by atoms with Gasteiger partial charge in [-0.2, -0.15) is 0 Å². The van der Waals surface area contributed by atoms with Crippen molar-refractivity contribution in [3.05, 3.63) is 108 Å². The minimum absolute atomic E-state index is 0.175. The fourth-order valence-electron chi connectivity index (χ4n) is 4.27. The lowest BCUT2D eigenvalue weighted by molar-refractivity contribution is -0.144. The molecule has 1 fully saturated rings. The van der Waals surface area contributed by atoms with E-state index in [1.165, 1.54) is 7.11 Å². The number of carbonyl (C=O) groups excluding carboxylic acids is 1. The number of esters is 1. The number of hydrogen-bond donors (Lipinski definition) is 0. The van der Waals surface area contributed by atoms with Crippen molar-refractivity contribution >= 4 is 5.97 Å². The van der Waals surface area contributed by atoms with Gasteiger partial charge < -0.3 is 4.74 Å². The molecule has 1 aliphatic rings. The first-order valence-corrected chi connectivity index (χ1v) is 8.51. The van der Waals surface area contributed by atoms with Gasteiger partial charge in [-0.3, -0.25) is 4.79 Å². The van der Waals surface area contributed by atoms with Crippen LogP contribution in [-0.4, -0.2) is 13.1 Å². The Morgan fingerprint density at radius 2 is 1.12 bits per heavy atom. The van der Waals surface area contributed by atoms with Gasteiger partial charge in [0.25, 0.3) is 0 Å². The zero-order chi connectivity index (χ0) is 17.3. The fourth-order valence-corrected chi connectivity index (χ4v) is 4.27. The maximum absolute atomic E-state index is 13.0. The van der Waals surface area contributed by atoms with Crippen molar-refractivity contribution in [1.82, 2.24) is 0 Å². The van der Waals surface area contributed by atoms with Crippen molar-refractivity contribution in [2.24, 2.45) is 0 Å². The lowest BCUT2D eigenvalue weighted by Gasteiger charge is -2.26. The Labute approximate surface area is 148 Å². The van der Waals surface area contributed by atoms with Crippen molar-refractivity contribution < 1.29 is 9.53 Å². The normalized spacial score (nSPS) is 20.7. The molecule has 0 unspecified atom stereocenters. The summed E-state index contributed by atoms with van der Waals surface area (Å²) in [6.45, 7) is 0. The average Bonchev–Trinajstić information content (AvgIpc) is 3.42. The molecular weight excluding hydrogens is 308 g/mol. The molecule has 2 heteroatoms. The van der Waals surface area contributed by atoms with E-state index in [9.17, 15) is 4.79 Å². The van der Waals surface area contributed by atoms with E-state index in [0.717, 1.165) is 16.7 Å². The van der Waals surface area contributed by atoms with Gasteiger partial charge in [-0.05, 0) is 23.1 Å². The number of ether oxygens (including phenoxy) is 1. The van der Waals surface area contributed by atoms with Crippen LogP contribution in [0, 0.1) is 0 Å². The molecule has 3 aromatic rings. The Balaban J connectivity index is 1.99. The quantitative estimate of drug-likeness (QED) is 0.660. The van der Waals surface area contributed by atoms with Crippen LogP contribution in [0.2, 0.25) is 0 Å². The molecule has 0 aliphatic heterocycles. The van der Waals surface area contributed by atoms with E-state index >= 15 is 0 Å². The topological polar surface area (TPSA) is 26.3 Å². The molecule has 0 bridgehead atoms.